The molecule has 32 heavy (non-hydrogen) atoms. The Labute approximate surface area is 193 Å². The Kier molecular flexibility index (Phi) is 16.1. The number of hydrogen-bond donors (Lipinski definition) is 1. The second kappa shape index (κ2) is 17.3. The molecule has 0 aliphatic rings. The van der Waals surface area contributed by atoms with E-state index in [1.165, 1.54) is 6.08 Å². The highest BCUT2D eigenvalue weighted by Gasteiger charge is 2.22. The van der Waals surface area contributed by atoms with Crippen molar-refractivity contribution in [2.75, 3.05) is 27.7 Å². The maximum atomic E-state index is 12.0. The number of carboxylic acids is 1. The van der Waals surface area contributed by atoms with Gasteiger partial charge in [-0.2, -0.15) is 0 Å². The van der Waals surface area contributed by atoms with E-state index in [0.29, 0.717) is 30.3 Å². The molecular formula is C25H41NO6. The number of aliphatic carboxylic acids is 1. The number of carbonyl (C=O) groups excluding carboxylic acids is 3. The van der Waals surface area contributed by atoms with Crippen molar-refractivity contribution in [3.05, 3.63) is 36.5 Å². The molecule has 0 amide bonds. The third kappa shape index (κ3) is 19.7. The number of hydrogen-bond acceptors (Lipinski definition) is 6. The number of esters is 1. The van der Waals surface area contributed by atoms with Crippen LogP contribution in [0, 0.1) is 0 Å². The number of aliphatic hydroxyl groups excluding tert-OH is 1. The highest BCUT2D eigenvalue weighted by molar-refractivity contribution is 5.89. The van der Waals surface area contributed by atoms with Crippen LogP contribution in [0.25, 0.3) is 0 Å². The van der Waals surface area contributed by atoms with Crippen LogP contribution < -0.4 is 5.11 Å². The summed E-state index contributed by atoms with van der Waals surface area (Å²) in [7, 11) is 5.73. The smallest absolute Gasteiger partial charge is 0.306 e. The van der Waals surface area contributed by atoms with Gasteiger partial charge in [0.15, 0.2) is 11.9 Å². The van der Waals surface area contributed by atoms with Crippen molar-refractivity contribution >= 4 is 17.7 Å². The molecule has 0 rings (SSSR count). The van der Waals surface area contributed by atoms with Crippen molar-refractivity contribution in [2.45, 2.75) is 76.9 Å². The van der Waals surface area contributed by atoms with Crippen molar-refractivity contribution in [1.29, 1.82) is 0 Å². The number of ketones is 1. The predicted octanol–water partition coefficient (Wildman–Crippen LogP) is 2.48. The van der Waals surface area contributed by atoms with Crippen LogP contribution in [-0.2, 0) is 19.1 Å². The SMILES string of the molecule is CCC(=O)/C=C/C=C/C=C/C(O)CCCCCCCC(=O)OC(CC(=O)[O-])C[N+](C)(C)C. The number of nitrogens with zero attached hydrogens (tertiary/aromatic N) is 1. The van der Waals surface area contributed by atoms with Gasteiger partial charge < -0.3 is 24.2 Å². The lowest BCUT2D eigenvalue weighted by molar-refractivity contribution is -0.873. The molecule has 0 aromatic carbocycles. The third-order valence-electron chi connectivity index (χ3n) is 4.62. The fourth-order valence-corrected chi connectivity index (χ4v) is 3.04. The summed E-state index contributed by atoms with van der Waals surface area (Å²) in [4.78, 5) is 34.0. The molecule has 0 saturated heterocycles. The van der Waals surface area contributed by atoms with Gasteiger partial charge in [0.1, 0.15) is 6.54 Å². The lowest BCUT2D eigenvalue weighted by atomic mass is 10.1. The monoisotopic (exact) mass is 451 g/mol. The quantitative estimate of drug-likeness (QED) is 0.113. The van der Waals surface area contributed by atoms with E-state index in [4.69, 9.17) is 4.74 Å². The van der Waals surface area contributed by atoms with Gasteiger partial charge in [-0.25, -0.2) is 0 Å². The number of quaternary nitrogens is 1. The van der Waals surface area contributed by atoms with Gasteiger partial charge in [-0.05, 0) is 18.9 Å². The first-order valence-corrected chi connectivity index (χ1v) is 11.5. The fraction of sp³-hybridized carbons (Fsp3) is 0.640. The van der Waals surface area contributed by atoms with E-state index >= 15 is 0 Å². The number of unbranched alkanes of at least 4 members (excludes halogenated alkanes) is 4. The van der Waals surface area contributed by atoms with Crippen LogP contribution in [0.1, 0.15) is 64.7 Å². The summed E-state index contributed by atoms with van der Waals surface area (Å²) < 4.78 is 5.83. The molecule has 0 spiro atoms. The Morgan fingerprint density at radius 2 is 1.59 bits per heavy atom. The summed E-state index contributed by atoms with van der Waals surface area (Å²) in [6.45, 7) is 2.23. The molecule has 0 aliphatic heterocycles. The van der Waals surface area contributed by atoms with Gasteiger partial charge in [0.2, 0.25) is 0 Å². The van der Waals surface area contributed by atoms with Gasteiger partial charge >= 0.3 is 5.97 Å². The highest BCUT2D eigenvalue weighted by Crippen LogP contribution is 2.12. The summed E-state index contributed by atoms with van der Waals surface area (Å²) >= 11 is 0. The average molecular weight is 452 g/mol. The molecule has 182 valence electrons. The summed E-state index contributed by atoms with van der Waals surface area (Å²) in [6.07, 6.45) is 14.6. The van der Waals surface area contributed by atoms with Crippen LogP contribution in [0.3, 0.4) is 0 Å². The number of allylic oxidation sites excluding steroid dienone is 5. The van der Waals surface area contributed by atoms with Crippen molar-refractivity contribution in [3.8, 4) is 0 Å². The van der Waals surface area contributed by atoms with Crippen LogP contribution in [0.4, 0.5) is 0 Å². The summed E-state index contributed by atoms with van der Waals surface area (Å²) in [5.41, 5.74) is 0. The van der Waals surface area contributed by atoms with E-state index in [9.17, 15) is 24.6 Å². The Morgan fingerprint density at radius 1 is 0.969 bits per heavy atom. The third-order valence-corrected chi connectivity index (χ3v) is 4.62. The molecule has 1 N–H and O–H groups in total. The van der Waals surface area contributed by atoms with Crippen LogP contribution in [0.2, 0.25) is 0 Å². The van der Waals surface area contributed by atoms with E-state index < -0.39 is 18.2 Å². The number of rotatable bonds is 18. The Hall–Kier alpha value is -2.25. The lowest BCUT2D eigenvalue weighted by Gasteiger charge is -2.29. The maximum Gasteiger partial charge on any atom is 0.306 e. The zero-order chi connectivity index (χ0) is 24.4. The van der Waals surface area contributed by atoms with Gasteiger partial charge in [-0.15, -0.1) is 0 Å². The van der Waals surface area contributed by atoms with Gasteiger partial charge in [-0.3, -0.25) is 9.59 Å². The Balaban J connectivity index is 3.93. The van der Waals surface area contributed by atoms with Crippen molar-refractivity contribution < 1.29 is 33.8 Å². The molecule has 7 heteroatoms. The minimum Gasteiger partial charge on any atom is -0.550 e. The molecule has 2 atom stereocenters. The summed E-state index contributed by atoms with van der Waals surface area (Å²) in [5, 5.41) is 20.8. The normalized spacial score (nSPS) is 14.3. The first-order valence-electron chi connectivity index (χ1n) is 11.5. The highest BCUT2D eigenvalue weighted by atomic mass is 16.5. The molecule has 0 saturated carbocycles. The van der Waals surface area contributed by atoms with E-state index in [2.05, 4.69) is 0 Å². The molecule has 7 nitrogen and oxygen atoms in total. The molecule has 0 radical (unpaired) electrons. The molecule has 0 heterocycles. The second-order valence-electron chi connectivity index (χ2n) is 8.98. The number of carboxylic acid groups (broad SMARTS) is 1. The molecule has 2 unspecified atom stereocenters. The topological polar surface area (TPSA) is 104 Å². The Morgan fingerprint density at radius 3 is 2.22 bits per heavy atom. The molecule has 0 aliphatic carbocycles. The maximum absolute atomic E-state index is 12.0. The van der Waals surface area contributed by atoms with E-state index in [1.54, 1.807) is 30.4 Å². The number of ether oxygens (including phenoxy) is 1. The molecule has 0 bridgehead atoms. The van der Waals surface area contributed by atoms with Gasteiger partial charge in [0, 0.05) is 25.2 Å². The molecular weight excluding hydrogens is 410 g/mol. The van der Waals surface area contributed by atoms with Crippen LogP contribution in [0.15, 0.2) is 36.5 Å². The van der Waals surface area contributed by atoms with E-state index in [1.807, 2.05) is 28.1 Å². The minimum atomic E-state index is -1.22. The van der Waals surface area contributed by atoms with Crippen molar-refractivity contribution in [1.82, 2.24) is 0 Å². The van der Waals surface area contributed by atoms with Crippen molar-refractivity contribution in [2.24, 2.45) is 0 Å². The standard InChI is InChI=1S/C25H41NO6/c1-5-21(27)15-11-9-10-13-17-22(28)16-12-7-6-8-14-18-25(31)32-23(19-24(29)30)20-26(2,3)4/h9-11,13,15,17,22-23,28H,5-8,12,14,16,18-20H2,1-4H3/b10-9+,15-11+,17-13+. The van der Waals surface area contributed by atoms with Gasteiger partial charge in [-0.1, -0.05) is 63.0 Å². The average Bonchev–Trinajstić information content (AvgIpc) is 2.67. The fourth-order valence-electron chi connectivity index (χ4n) is 3.04. The lowest BCUT2D eigenvalue weighted by Crippen LogP contribution is -2.45. The number of aliphatic hydroxyl groups is 1. The van der Waals surface area contributed by atoms with Gasteiger partial charge in [0.05, 0.1) is 27.2 Å². The Bertz CT molecular complexity index is 645. The van der Waals surface area contributed by atoms with Gasteiger partial charge in [0.25, 0.3) is 0 Å². The molecule has 0 fully saturated rings. The number of carbonyl (C=O) groups is 3. The van der Waals surface area contributed by atoms with Crippen molar-refractivity contribution in [3.63, 3.8) is 0 Å². The summed E-state index contributed by atoms with van der Waals surface area (Å²) in [6, 6.07) is 0. The minimum absolute atomic E-state index is 0.0790. The molecule has 0 aromatic rings. The summed E-state index contributed by atoms with van der Waals surface area (Å²) in [5.74, 6) is -1.51. The number of likely N-dealkylation sites (N-methyl/N-ethyl adjacent to an activating group) is 1. The van der Waals surface area contributed by atoms with E-state index in [0.717, 1.165) is 25.7 Å². The first-order chi connectivity index (χ1) is 15.0. The van der Waals surface area contributed by atoms with E-state index in [-0.39, 0.29) is 24.6 Å². The zero-order valence-corrected chi connectivity index (χ0v) is 20.1. The first kappa shape index (κ1) is 29.8. The van der Waals surface area contributed by atoms with Crippen LogP contribution in [-0.4, -0.2) is 67.2 Å². The van der Waals surface area contributed by atoms with Crippen LogP contribution >= 0.6 is 0 Å². The largest absolute Gasteiger partial charge is 0.550 e. The zero-order valence-electron chi connectivity index (χ0n) is 20.1. The van der Waals surface area contributed by atoms with Crippen LogP contribution in [0.5, 0.6) is 0 Å². The second-order valence-corrected chi connectivity index (χ2v) is 8.98. The molecule has 0 aromatic heterocycles. The predicted molar refractivity (Wildman–Crippen MR) is 123 cm³/mol.